The maximum absolute atomic E-state index is 12.3. The first-order valence-corrected chi connectivity index (χ1v) is 8.73. The van der Waals surface area contributed by atoms with Gasteiger partial charge < -0.3 is 5.73 Å². The molecule has 0 amide bonds. The molecule has 3 N–H and O–H groups in total. The molecule has 0 saturated carbocycles. The van der Waals surface area contributed by atoms with Crippen molar-refractivity contribution in [2.75, 3.05) is 10.5 Å². The van der Waals surface area contributed by atoms with Crippen LogP contribution in [0.5, 0.6) is 0 Å². The molecule has 112 valence electrons. The molecule has 0 aliphatic rings. The molecule has 0 bridgehead atoms. The topological polar surface area (TPSA) is 85.1 Å². The van der Waals surface area contributed by atoms with Crippen molar-refractivity contribution in [3.8, 4) is 0 Å². The molecule has 2 rings (SSSR count). The van der Waals surface area contributed by atoms with Gasteiger partial charge in [0.2, 0.25) is 0 Å². The van der Waals surface area contributed by atoms with Crippen molar-refractivity contribution in [3.05, 3.63) is 46.6 Å². The van der Waals surface area contributed by atoms with Crippen LogP contribution >= 0.6 is 15.9 Å². The number of hydrogen-bond donors (Lipinski definition) is 2. The number of anilines is 2. The average molecular weight is 370 g/mol. The third-order valence-corrected chi connectivity index (χ3v) is 4.73. The Kier molecular flexibility index (Phi) is 4.84. The number of sulfonamides is 1. The summed E-state index contributed by atoms with van der Waals surface area (Å²) in [4.78, 5) is 3.79. The summed E-state index contributed by atoms with van der Waals surface area (Å²) in [6, 6.07) is 8.72. The van der Waals surface area contributed by atoms with E-state index < -0.39 is 10.0 Å². The smallest absolute Gasteiger partial charge is 0.265 e. The van der Waals surface area contributed by atoms with Crippen molar-refractivity contribution in [1.82, 2.24) is 4.98 Å². The van der Waals surface area contributed by atoms with Crippen LogP contribution in [0.4, 0.5) is 11.5 Å². The van der Waals surface area contributed by atoms with E-state index >= 15 is 0 Å². The molecule has 0 radical (unpaired) electrons. The van der Waals surface area contributed by atoms with E-state index in [9.17, 15) is 8.42 Å². The Hall–Kier alpha value is -1.60. The quantitative estimate of drug-likeness (QED) is 0.847. The van der Waals surface area contributed by atoms with Gasteiger partial charge in [-0.3, -0.25) is 4.72 Å². The summed E-state index contributed by atoms with van der Waals surface area (Å²) in [5, 5.41) is 0. The normalized spacial score (nSPS) is 11.3. The first-order valence-electron chi connectivity index (χ1n) is 6.45. The molecule has 7 heteroatoms. The van der Waals surface area contributed by atoms with Gasteiger partial charge in [0.25, 0.3) is 10.0 Å². The Morgan fingerprint density at radius 1 is 1.29 bits per heavy atom. The van der Waals surface area contributed by atoms with Crippen LogP contribution in [0.3, 0.4) is 0 Å². The number of hydrogen-bond acceptors (Lipinski definition) is 4. The lowest BCUT2D eigenvalue weighted by molar-refractivity contribution is 0.601. The van der Waals surface area contributed by atoms with Gasteiger partial charge in [-0.05, 0) is 46.1 Å². The summed E-state index contributed by atoms with van der Waals surface area (Å²) in [5.74, 6) is -0.0340. The van der Waals surface area contributed by atoms with Gasteiger partial charge >= 0.3 is 0 Å². The number of nitrogens with two attached hydrogens (primary N) is 1. The lowest BCUT2D eigenvalue weighted by atomic mass is 10.1. The summed E-state index contributed by atoms with van der Waals surface area (Å²) in [6.45, 7) is 2.10. The van der Waals surface area contributed by atoms with E-state index in [2.05, 4.69) is 32.6 Å². The Bertz CT molecular complexity index is 730. The number of pyridine rings is 1. The fraction of sp³-hybridized carbons (Fsp3) is 0.214. The molecule has 0 saturated heterocycles. The highest BCUT2D eigenvalue weighted by Gasteiger charge is 2.19. The monoisotopic (exact) mass is 369 g/mol. The highest BCUT2D eigenvalue weighted by molar-refractivity contribution is 9.10. The highest BCUT2D eigenvalue weighted by atomic mass is 79.9. The summed E-state index contributed by atoms with van der Waals surface area (Å²) >= 11 is 3.19. The van der Waals surface area contributed by atoms with Crippen LogP contribution in [0.1, 0.15) is 18.9 Å². The fourth-order valence-electron chi connectivity index (χ4n) is 1.88. The van der Waals surface area contributed by atoms with Gasteiger partial charge in [0.1, 0.15) is 10.7 Å². The van der Waals surface area contributed by atoms with Crippen molar-refractivity contribution in [2.45, 2.75) is 24.7 Å². The lowest BCUT2D eigenvalue weighted by Crippen LogP contribution is -2.15. The van der Waals surface area contributed by atoms with Crippen LogP contribution in [0, 0.1) is 0 Å². The summed E-state index contributed by atoms with van der Waals surface area (Å²) < 4.78 is 27.7. The molecule has 0 aliphatic heterocycles. The predicted molar refractivity (Wildman–Crippen MR) is 87.6 cm³/mol. The number of rotatable bonds is 5. The second kappa shape index (κ2) is 6.44. The molecule has 2 aromatic rings. The minimum atomic E-state index is -3.76. The van der Waals surface area contributed by atoms with Gasteiger partial charge in [-0.1, -0.05) is 25.5 Å². The first-order chi connectivity index (χ1) is 9.92. The van der Waals surface area contributed by atoms with Crippen molar-refractivity contribution >= 4 is 37.5 Å². The molecule has 5 nitrogen and oxygen atoms in total. The molecular weight excluding hydrogens is 354 g/mol. The lowest BCUT2D eigenvalue weighted by Gasteiger charge is -2.10. The van der Waals surface area contributed by atoms with E-state index in [1.165, 1.54) is 17.8 Å². The van der Waals surface area contributed by atoms with E-state index in [1.807, 2.05) is 12.1 Å². The molecule has 1 heterocycles. The standard InChI is InChI=1S/C14H16BrN3O2S/c1-2-3-10-4-6-12(7-5-10)18-21(19,20)13-8-11(15)9-17-14(13)16/h4-9,18H,2-3H2,1H3,(H2,16,17). The average Bonchev–Trinajstić information content (AvgIpc) is 2.43. The second-order valence-electron chi connectivity index (χ2n) is 4.59. The molecule has 0 aliphatic carbocycles. The fourth-order valence-corrected chi connectivity index (χ4v) is 3.53. The van der Waals surface area contributed by atoms with Crippen LogP contribution in [0.25, 0.3) is 0 Å². The van der Waals surface area contributed by atoms with Crippen LogP contribution in [-0.2, 0) is 16.4 Å². The zero-order valence-corrected chi connectivity index (χ0v) is 13.9. The molecule has 21 heavy (non-hydrogen) atoms. The maximum atomic E-state index is 12.3. The predicted octanol–water partition coefficient (Wildman–Crippen LogP) is 3.18. The Balaban J connectivity index is 2.26. The van der Waals surface area contributed by atoms with E-state index in [0.29, 0.717) is 10.2 Å². The van der Waals surface area contributed by atoms with E-state index in [4.69, 9.17) is 5.73 Å². The van der Waals surface area contributed by atoms with Crippen LogP contribution < -0.4 is 10.5 Å². The molecule has 0 atom stereocenters. The Labute approximate surface area is 132 Å². The van der Waals surface area contributed by atoms with E-state index in [0.717, 1.165) is 12.8 Å². The minimum absolute atomic E-state index is 0.0340. The van der Waals surface area contributed by atoms with Gasteiger partial charge in [-0.2, -0.15) is 0 Å². The largest absolute Gasteiger partial charge is 0.383 e. The zero-order valence-electron chi connectivity index (χ0n) is 11.5. The van der Waals surface area contributed by atoms with Gasteiger partial charge in [0.15, 0.2) is 0 Å². The first kappa shape index (κ1) is 15.8. The summed E-state index contributed by atoms with van der Waals surface area (Å²) in [7, 11) is -3.76. The number of aryl methyl sites for hydroxylation is 1. The van der Waals surface area contributed by atoms with Crippen LogP contribution in [-0.4, -0.2) is 13.4 Å². The summed E-state index contributed by atoms with van der Waals surface area (Å²) in [6.07, 6.45) is 3.47. The Morgan fingerprint density at radius 2 is 1.95 bits per heavy atom. The number of nitrogens with one attached hydrogen (secondary N) is 1. The number of nitrogens with zero attached hydrogens (tertiary/aromatic N) is 1. The molecule has 0 fully saturated rings. The van der Waals surface area contributed by atoms with E-state index in [-0.39, 0.29) is 10.7 Å². The molecule has 1 aromatic heterocycles. The molecule has 0 spiro atoms. The zero-order chi connectivity index (χ0) is 15.5. The highest BCUT2D eigenvalue weighted by Crippen LogP contribution is 2.23. The molecular formula is C14H16BrN3O2S. The second-order valence-corrected chi connectivity index (χ2v) is 7.16. The number of nitrogen functional groups attached to an aromatic ring is 1. The number of halogens is 1. The van der Waals surface area contributed by atoms with Gasteiger partial charge in [-0.15, -0.1) is 0 Å². The van der Waals surface area contributed by atoms with Gasteiger partial charge in [0, 0.05) is 16.4 Å². The number of aromatic nitrogens is 1. The molecule has 1 aromatic carbocycles. The number of benzene rings is 1. The van der Waals surface area contributed by atoms with E-state index in [1.54, 1.807) is 12.1 Å². The van der Waals surface area contributed by atoms with Crippen molar-refractivity contribution < 1.29 is 8.42 Å². The van der Waals surface area contributed by atoms with Crippen LogP contribution in [0.15, 0.2) is 45.9 Å². The van der Waals surface area contributed by atoms with Crippen molar-refractivity contribution in [1.29, 1.82) is 0 Å². The minimum Gasteiger partial charge on any atom is -0.383 e. The van der Waals surface area contributed by atoms with Crippen molar-refractivity contribution in [3.63, 3.8) is 0 Å². The molecule has 0 unspecified atom stereocenters. The van der Waals surface area contributed by atoms with Gasteiger partial charge in [-0.25, -0.2) is 13.4 Å². The third kappa shape index (κ3) is 3.95. The summed E-state index contributed by atoms with van der Waals surface area (Å²) in [5.41, 5.74) is 7.31. The van der Waals surface area contributed by atoms with Crippen LogP contribution in [0.2, 0.25) is 0 Å². The SMILES string of the molecule is CCCc1ccc(NS(=O)(=O)c2cc(Br)cnc2N)cc1. The van der Waals surface area contributed by atoms with Crippen molar-refractivity contribution in [2.24, 2.45) is 0 Å². The Morgan fingerprint density at radius 3 is 2.57 bits per heavy atom. The van der Waals surface area contributed by atoms with Gasteiger partial charge in [0.05, 0.1) is 0 Å². The third-order valence-electron chi connectivity index (χ3n) is 2.88. The maximum Gasteiger partial charge on any atom is 0.265 e.